The molecule has 1 aromatic carbocycles. The second-order valence-corrected chi connectivity index (χ2v) is 5.62. The Morgan fingerprint density at radius 2 is 1.76 bits per heavy atom. The number of nitrogens with zero attached hydrogens (tertiary/aromatic N) is 1. The van der Waals surface area contributed by atoms with Crippen LogP contribution in [0.15, 0.2) is 46.7 Å². The largest absolute Gasteiger partial charge is 1.00 e. The number of nitrogen functional groups attached to an aromatic ring is 1. The van der Waals surface area contributed by atoms with Gasteiger partial charge in [0.1, 0.15) is 10.0 Å². The number of thiophene rings is 1. The van der Waals surface area contributed by atoms with Gasteiger partial charge in [-0.2, -0.15) is 11.3 Å². The topological polar surface area (TPSA) is 74.3 Å². The van der Waals surface area contributed by atoms with E-state index in [1.54, 1.807) is 17.5 Å². The first-order valence-electron chi connectivity index (χ1n) is 4.45. The molecule has 1 aromatic heterocycles. The van der Waals surface area contributed by atoms with Crippen LogP contribution >= 0.6 is 11.3 Å². The molecule has 2 rings (SSSR count). The zero-order valence-corrected chi connectivity index (χ0v) is 12.8. The molecule has 84 valence electrons. The summed E-state index contributed by atoms with van der Waals surface area (Å²) >= 11 is 1.28. The molecule has 2 aromatic rings. The van der Waals surface area contributed by atoms with Gasteiger partial charge in [0.2, 0.25) is 0 Å². The van der Waals surface area contributed by atoms with Crippen molar-refractivity contribution < 1.29 is 38.0 Å². The quantitative estimate of drug-likeness (QED) is 0.619. The molecule has 0 amide bonds. The first-order chi connectivity index (χ1) is 7.58. The molecule has 2 N–H and O–H groups in total. The molecular formula is C10H9N2NaO2S2. The fourth-order valence-corrected chi connectivity index (χ4v) is 2.94. The van der Waals surface area contributed by atoms with Crippen molar-refractivity contribution in [3.8, 4) is 0 Å². The number of hydrogen-bond acceptors (Lipinski definition) is 4. The van der Waals surface area contributed by atoms with Crippen LogP contribution in [0.25, 0.3) is 4.72 Å². The van der Waals surface area contributed by atoms with E-state index in [0.29, 0.717) is 10.7 Å². The summed E-state index contributed by atoms with van der Waals surface area (Å²) in [6.07, 6.45) is 0. The van der Waals surface area contributed by atoms with Crippen molar-refractivity contribution in [1.82, 2.24) is 0 Å². The van der Waals surface area contributed by atoms with Crippen molar-refractivity contribution in [3.63, 3.8) is 0 Å². The van der Waals surface area contributed by atoms with Gasteiger partial charge in [0.25, 0.3) is 0 Å². The minimum absolute atomic E-state index is 0. The van der Waals surface area contributed by atoms with Crippen LogP contribution < -0.4 is 35.3 Å². The number of benzene rings is 1. The number of hydrogen-bond donors (Lipinski definition) is 1. The zero-order chi connectivity index (χ0) is 11.6. The summed E-state index contributed by atoms with van der Waals surface area (Å²) in [5.41, 5.74) is 6.01. The third-order valence-corrected chi connectivity index (χ3v) is 4.08. The predicted molar refractivity (Wildman–Crippen MR) is 65.4 cm³/mol. The Morgan fingerprint density at radius 3 is 2.29 bits per heavy atom. The second kappa shape index (κ2) is 5.88. The second-order valence-electron chi connectivity index (χ2n) is 3.09. The first-order valence-corrected chi connectivity index (χ1v) is 6.77. The molecule has 1 heterocycles. The van der Waals surface area contributed by atoms with Gasteiger partial charge in [0.05, 0.1) is 4.90 Å². The summed E-state index contributed by atoms with van der Waals surface area (Å²) < 4.78 is 27.3. The summed E-state index contributed by atoms with van der Waals surface area (Å²) in [5, 5.41) is 2.24. The third-order valence-electron chi connectivity index (χ3n) is 1.89. The molecule has 0 fully saturated rings. The third kappa shape index (κ3) is 3.72. The molecule has 0 bridgehead atoms. The average Bonchev–Trinajstić information content (AvgIpc) is 2.70. The summed E-state index contributed by atoms with van der Waals surface area (Å²) in [4.78, 5) is 0.148. The van der Waals surface area contributed by atoms with Gasteiger partial charge in [-0.05, 0) is 29.6 Å². The van der Waals surface area contributed by atoms with Crippen molar-refractivity contribution in [2.45, 2.75) is 4.90 Å². The fourth-order valence-electron chi connectivity index (χ4n) is 1.13. The minimum atomic E-state index is -3.62. The smallest absolute Gasteiger partial charge is 0.564 e. The molecule has 0 aliphatic heterocycles. The Kier molecular flexibility index (Phi) is 5.03. The minimum Gasteiger partial charge on any atom is -0.564 e. The maximum Gasteiger partial charge on any atom is 1.00 e. The van der Waals surface area contributed by atoms with E-state index in [4.69, 9.17) is 5.73 Å². The SMILES string of the molecule is Nc1ccc(S(=O)(=O)[N-]c2cccs2)cc1.[Na+]. The van der Waals surface area contributed by atoms with Crippen molar-refractivity contribution in [2.24, 2.45) is 0 Å². The van der Waals surface area contributed by atoms with Gasteiger partial charge >= 0.3 is 29.6 Å². The molecule has 0 atom stereocenters. The van der Waals surface area contributed by atoms with E-state index in [9.17, 15) is 8.42 Å². The number of anilines is 1. The van der Waals surface area contributed by atoms with Gasteiger partial charge in [0.15, 0.2) is 0 Å². The maximum atomic E-state index is 11.8. The van der Waals surface area contributed by atoms with Crippen LogP contribution in [0.2, 0.25) is 0 Å². The van der Waals surface area contributed by atoms with E-state index in [2.05, 4.69) is 4.72 Å². The summed E-state index contributed by atoms with van der Waals surface area (Å²) in [6, 6.07) is 9.37. The molecule has 0 saturated heterocycles. The first kappa shape index (κ1) is 14.5. The van der Waals surface area contributed by atoms with Crippen LogP contribution in [-0.2, 0) is 10.0 Å². The van der Waals surface area contributed by atoms with Crippen LogP contribution in [0, 0.1) is 0 Å². The Balaban J connectivity index is 0.00000144. The van der Waals surface area contributed by atoms with Crippen LogP contribution in [-0.4, -0.2) is 8.42 Å². The Bertz CT molecular complexity index is 565. The van der Waals surface area contributed by atoms with Gasteiger partial charge in [-0.3, -0.25) is 0 Å². The molecule has 0 radical (unpaired) electrons. The van der Waals surface area contributed by atoms with Crippen molar-refractivity contribution in [1.29, 1.82) is 0 Å². The van der Waals surface area contributed by atoms with Crippen molar-refractivity contribution >= 4 is 32.0 Å². The van der Waals surface area contributed by atoms with Crippen molar-refractivity contribution in [3.05, 3.63) is 46.5 Å². The van der Waals surface area contributed by atoms with Gasteiger partial charge in [-0.1, -0.05) is 17.1 Å². The molecule has 4 nitrogen and oxygen atoms in total. The van der Waals surface area contributed by atoms with Crippen LogP contribution in [0.5, 0.6) is 0 Å². The van der Waals surface area contributed by atoms with Crippen molar-refractivity contribution in [2.75, 3.05) is 5.73 Å². The van der Waals surface area contributed by atoms with E-state index in [1.807, 2.05) is 0 Å². The maximum absolute atomic E-state index is 11.8. The average molecular weight is 276 g/mol. The van der Waals surface area contributed by atoms with Gasteiger partial charge in [0, 0.05) is 5.69 Å². The monoisotopic (exact) mass is 276 g/mol. The number of rotatable bonds is 3. The molecule has 0 saturated carbocycles. The van der Waals surface area contributed by atoms with E-state index in [-0.39, 0.29) is 34.5 Å². The molecular weight excluding hydrogens is 267 g/mol. The standard InChI is InChI=1S/C10H9N2O2S2.Na/c11-8-3-5-9(6-4-8)16(13,14)12-10-2-1-7-15-10;/h1-7H,11H2;/q-1;+1. The number of nitrogens with two attached hydrogens (primary N) is 1. The summed E-state index contributed by atoms with van der Waals surface area (Å²) in [5.74, 6) is 0. The Morgan fingerprint density at radius 1 is 1.12 bits per heavy atom. The van der Waals surface area contributed by atoms with Crippen LogP contribution in [0.1, 0.15) is 0 Å². The van der Waals surface area contributed by atoms with Gasteiger partial charge < -0.3 is 10.5 Å². The van der Waals surface area contributed by atoms with E-state index < -0.39 is 10.0 Å². The van der Waals surface area contributed by atoms with Gasteiger partial charge in [-0.25, -0.2) is 8.42 Å². The molecule has 0 unspecified atom stereocenters. The van der Waals surface area contributed by atoms with Gasteiger partial charge in [-0.15, -0.1) is 0 Å². The zero-order valence-electron chi connectivity index (χ0n) is 9.20. The Labute approximate surface area is 126 Å². The van der Waals surface area contributed by atoms with E-state index in [1.165, 1.54) is 35.6 Å². The van der Waals surface area contributed by atoms with E-state index in [0.717, 1.165) is 0 Å². The molecule has 7 heteroatoms. The fraction of sp³-hybridized carbons (Fsp3) is 0. The summed E-state index contributed by atoms with van der Waals surface area (Å²) in [7, 11) is -3.62. The predicted octanol–water partition coefficient (Wildman–Crippen LogP) is -0.272. The number of sulfonamides is 1. The molecule has 0 aliphatic rings. The normalized spacial score (nSPS) is 10.6. The van der Waals surface area contributed by atoms with E-state index >= 15 is 0 Å². The molecule has 17 heavy (non-hydrogen) atoms. The Hall–Kier alpha value is -0.530. The molecule has 0 spiro atoms. The summed E-state index contributed by atoms with van der Waals surface area (Å²) in [6.45, 7) is 0. The molecule has 0 aliphatic carbocycles. The van der Waals surface area contributed by atoms with Crippen LogP contribution in [0.4, 0.5) is 10.7 Å². The van der Waals surface area contributed by atoms with Crippen LogP contribution in [0.3, 0.4) is 0 Å².